The molecule has 0 aliphatic rings. The maximum atomic E-state index is 11.8. The zero-order valence-electron chi connectivity index (χ0n) is 8.23. The number of nitrogens with one attached hydrogen (secondary N) is 1. The van der Waals surface area contributed by atoms with Crippen molar-refractivity contribution in [3.63, 3.8) is 0 Å². The largest absolute Gasteiger partial charge is 0.457 e. The van der Waals surface area contributed by atoms with Gasteiger partial charge in [-0.3, -0.25) is 0 Å². The Morgan fingerprint density at radius 2 is 2.00 bits per heavy atom. The maximum absolute atomic E-state index is 11.8. The molecule has 1 atom stereocenters. The molecular weight excluding hydrogens is 191 g/mol. The van der Waals surface area contributed by atoms with E-state index in [1.165, 1.54) is 18.3 Å². The molecular formula is C10H14F3N. The van der Waals surface area contributed by atoms with Gasteiger partial charge in [-0.05, 0) is 13.8 Å². The lowest BCUT2D eigenvalue weighted by Crippen LogP contribution is -2.37. The van der Waals surface area contributed by atoms with Crippen LogP contribution in [0.4, 0.5) is 13.2 Å². The van der Waals surface area contributed by atoms with E-state index in [9.17, 15) is 13.2 Å². The minimum atomic E-state index is -4.33. The molecule has 0 aromatic rings. The molecule has 0 aliphatic heterocycles. The van der Waals surface area contributed by atoms with Gasteiger partial charge < -0.3 is 0 Å². The highest BCUT2D eigenvalue weighted by Gasteiger charge is 2.27. The maximum Gasteiger partial charge on any atom is 0.457 e. The number of alkyl halides is 3. The van der Waals surface area contributed by atoms with Crippen molar-refractivity contribution >= 4 is 0 Å². The van der Waals surface area contributed by atoms with Crippen LogP contribution in [0.3, 0.4) is 0 Å². The standard InChI is InChI=1S/C10H14F3N/c1-4-5-8(2)6-7-9(3)14-10(11,12)13/h4-7,9,14H,1H2,2-3H3/b7-6-,8-5-. The molecule has 1 unspecified atom stereocenters. The van der Waals surface area contributed by atoms with Gasteiger partial charge in [0.05, 0.1) is 0 Å². The second-order valence-electron chi connectivity index (χ2n) is 2.94. The fraction of sp³-hybridized carbons (Fsp3) is 0.400. The summed E-state index contributed by atoms with van der Waals surface area (Å²) in [7, 11) is 0. The molecule has 0 heterocycles. The number of hydrogen-bond donors (Lipinski definition) is 1. The Balaban J connectivity index is 4.12. The lowest BCUT2D eigenvalue weighted by atomic mass is 10.2. The zero-order chi connectivity index (χ0) is 11.2. The molecule has 0 aromatic carbocycles. The first-order valence-electron chi connectivity index (χ1n) is 4.17. The molecule has 4 heteroatoms. The normalized spacial score (nSPS) is 15.9. The first-order valence-corrected chi connectivity index (χ1v) is 4.17. The van der Waals surface area contributed by atoms with Gasteiger partial charge in [0.1, 0.15) is 0 Å². The van der Waals surface area contributed by atoms with E-state index in [1.807, 2.05) is 0 Å². The summed E-state index contributed by atoms with van der Waals surface area (Å²) in [4.78, 5) is 0. The number of halogens is 3. The smallest absolute Gasteiger partial charge is 0.222 e. The van der Waals surface area contributed by atoms with E-state index in [1.54, 1.807) is 25.2 Å². The molecule has 1 N–H and O–H groups in total. The van der Waals surface area contributed by atoms with Gasteiger partial charge in [0.2, 0.25) is 0 Å². The zero-order valence-corrected chi connectivity index (χ0v) is 8.23. The molecule has 0 aliphatic carbocycles. The quantitative estimate of drug-likeness (QED) is 0.549. The molecule has 0 radical (unpaired) electrons. The highest BCUT2D eigenvalue weighted by molar-refractivity contribution is 5.21. The van der Waals surface area contributed by atoms with Crippen LogP contribution in [0, 0.1) is 0 Å². The van der Waals surface area contributed by atoms with Gasteiger partial charge in [-0.1, -0.05) is 36.5 Å². The van der Waals surface area contributed by atoms with Gasteiger partial charge in [-0.2, -0.15) is 13.2 Å². The van der Waals surface area contributed by atoms with Gasteiger partial charge in [0.25, 0.3) is 0 Å². The molecule has 0 saturated heterocycles. The van der Waals surface area contributed by atoms with E-state index in [4.69, 9.17) is 0 Å². The Morgan fingerprint density at radius 1 is 1.43 bits per heavy atom. The molecule has 14 heavy (non-hydrogen) atoms. The van der Waals surface area contributed by atoms with Gasteiger partial charge in [-0.15, -0.1) is 0 Å². The van der Waals surface area contributed by atoms with Crippen LogP contribution in [-0.2, 0) is 0 Å². The van der Waals surface area contributed by atoms with Gasteiger partial charge >= 0.3 is 6.30 Å². The summed E-state index contributed by atoms with van der Waals surface area (Å²) in [5.74, 6) is 0. The van der Waals surface area contributed by atoms with Crippen molar-refractivity contribution in [1.82, 2.24) is 5.32 Å². The molecule has 0 aromatic heterocycles. The van der Waals surface area contributed by atoms with Crippen LogP contribution in [0.5, 0.6) is 0 Å². The van der Waals surface area contributed by atoms with Crippen LogP contribution < -0.4 is 5.32 Å². The van der Waals surface area contributed by atoms with Crippen molar-refractivity contribution in [3.05, 3.63) is 36.5 Å². The Bertz CT molecular complexity index is 238. The van der Waals surface area contributed by atoms with Crippen LogP contribution >= 0.6 is 0 Å². The average molecular weight is 205 g/mol. The summed E-state index contributed by atoms with van der Waals surface area (Å²) in [5.41, 5.74) is 0.857. The fourth-order valence-corrected chi connectivity index (χ4v) is 0.844. The Labute approximate surface area is 82.0 Å². The lowest BCUT2D eigenvalue weighted by molar-refractivity contribution is -0.160. The topological polar surface area (TPSA) is 12.0 Å². The first-order chi connectivity index (χ1) is 6.35. The minimum Gasteiger partial charge on any atom is -0.222 e. The minimum absolute atomic E-state index is 0.733. The lowest BCUT2D eigenvalue weighted by Gasteiger charge is -2.12. The molecule has 1 nitrogen and oxygen atoms in total. The van der Waals surface area contributed by atoms with Crippen molar-refractivity contribution < 1.29 is 13.2 Å². The summed E-state index contributed by atoms with van der Waals surface area (Å²) in [6.07, 6.45) is 2.03. The summed E-state index contributed by atoms with van der Waals surface area (Å²) < 4.78 is 35.4. The number of allylic oxidation sites excluding steroid dienone is 4. The third-order valence-electron chi connectivity index (χ3n) is 1.42. The molecule has 0 rings (SSSR count). The van der Waals surface area contributed by atoms with E-state index >= 15 is 0 Å². The molecule has 0 bridgehead atoms. The van der Waals surface area contributed by atoms with Crippen molar-refractivity contribution in [2.75, 3.05) is 0 Å². The monoisotopic (exact) mass is 205 g/mol. The van der Waals surface area contributed by atoms with Crippen LogP contribution in [0.25, 0.3) is 0 Å². The van der Waals surface area contributed by atoms with E-state index in [0.717, 1.165) is 5.57 Å². The van der Waals surface area contributed by atoms with E-state index in [2.05, 4.69) is 6.58 Å². The van der Waals surface area contributed by atoms with Crippen LogP contribution in [0.15, 0.2) is 36.5 Å². The Hall–Kier alpha value is -1.03. The summed E-state index contributed by atoms with van der Waals surface area (Å²) in [6.45, 7) is 6.71. The Morgan fingerprint density at radius 3 is 2.43 bits per heavy atom. The van der Waals surface area contributed by atoms with Gasteiger partial charge in [0.15, 0.2) is 0 Å². The third kappa shape index (κ3) is 7.61. The van der Waals surface area contributed by atoms with Gasteiger partial charge in [0, 0.05) is 6.04 Å². The predicted octanol–water partition coefficient (Wildman–Crippen LogP) is 3.17. The second-order valence-corrected chi connectivity index (χ2v) is 2.94. The van der Waals surface area contributed by atoms with Crippen LogP contribution in [-0.4, -0.2) is 12.3 Å². The summed E-state index contributed by atoms with van der Waals surface area (Å²) >= 11 is 0. The van der Waals surface area contributed by atoms with E-state index < -0.39 is 12.3 Å². The predicted molar refractivity (Wildman–Crippen MR) is 51.7 cm³/mol. The van der Waals surface area contributed by atoms with Crippen molar-refractivity contribution in [3.8, 4) is 0 Å². The number of rotatable bonds is 4. The molecule has 0 spiro atoms. The average Bonchev–Trinajstić information content (AvgIpc) is 1.98. The van der Waals surface area contributed by atoms with Crippen LogP contribution in [0.1, 0.15) is 13.8 Å². The fourth-order valence-electron chi connectivity index (χ4n) is 0.844. The Kier molecular flexibility index (Phi) is 5.23. The molecule has 0 amide bonds. The van der Waals surface area contributed by atoms with Crippen molar-refractivity contribution in [2.45, 2.75) is 26.2 Å². The van der Waals surface area contributed by atoms with Crippen molar-refractivity contribution in [1.29, 1.82) is 0 Å². The highest BCUT2D eigenvalue weighted by atomic mass is 19.4. The molecule has 0 fully saturated rings. The van der Waals surface area contributed by atoms with Crippen molar-refractivity contribution in [2.24, 2.45) is 0 Å². The number of hydrogen-bond acceptors (Lipinski definition) is 1. The SMILES string of the molecule is C=C/C=C(C)\C=C/C(C)NC(F)(F)F. The summed E-state index contributed by atoms with van der Waals surface area (Å²) in [6, 6.07) is -0.733. The molecule has 0 saturated carbocycles. The molecule has 80 valence electrons. The third-order valence-corrected chi connectivity index (χ3v) is 1.42. The first kappa shape index (κ1) is 13.0. The summed E-state index contributed by atoms with van der Waals surface area (Å²) in [5, 5.41) is 1.48. The second kappa shape index (κ2) is 5.65. The van der Waals surface area contributed by atoms with Crippen LogP contribution in [0.2, 0.25) is 0 Å². The van der Waals surface area contributed by atoms with Gasteiger partial charge in [-0.25, -0.2) is 5.32 Å². The highest BCUT2D eigenvalue weighted by Crippen LogP contribution is 2.11. The van der Waals surface area contributed by atoms with E-state index in [0.29, 0.717) is 0 Å². The van der Waals surface area contributed by atoms with E-state index in [-0.39, 0.29) is 0 Å².